The summed E-state index contributed by atoms with van der Waals surface area (Å²) in [6, 6.07) is 12.4. The predicted octanol–water partition coefficient (Wildman–Crippen LogP) is 3.02. The molecule has 0 unspecified atom stereocenters. The molecule has 1 aliphatic carbocycles. The van der Waals surface area contributed by atoms with Gasteiger partial charge in [-0.15, -0.1) is 0 Å². The van der Waals surface area contributed by atoms with Crippen molar-refractivity contribution in [1.82, 2.24) is 9.47 Å². The molecule has 2 aliphatic rings. The second kappa shape index (κ2) is 6.51. The minimum atomic E-state index is -0.151. The third kappa shape index (κ3) is 2.90. The van der Waals surface area contributed by atoms with E-state index in [1.165, 1.54) is 18.4 Å². The minimum absolute atomic E-state index is 0.0697. The van der Waals surface area contributed by atoms with Crippen LogP contribution in [0.4, 0.5) is 0 Å². The van der Waals surface area contributed by atoms with Gasteiger partial charge in [0.1, 0.15) is 5.56 Å². The second-order valence-corrected chi connectivity index (χ2v) is 7.32. The lowest BCUT2D eigenvalue weighted by molar-refractivity contribution is 0.0266. The smallest absolute Gasteiger partial charge is 0.263 e. The van der Waals surface area contributed by atoms with E-state index >= 15 is 0 Å². The summed E-state index contributed by atoms with van der Waals surface area (Å²) in [4.78, 5) is 27.8. The minimum Gasteiger partial charge on any atom is -0.335 e. The summed E-state index contributed by atoms with van der Waals surface area (Å²) in [6.07, 6.45) is 6.11. The Morgan fingerprint density at radius 2 is 1.96 bits per heavy atom. The van der Waals surface area contributed by atoms with E-state index < -0.39 is 0 Å². The van der Waals surface area contributed by atoms with E-state index in [2.05, 4.69) is 12.1 Å². The van der Waals surface area contributed by atoms with Gasteiger partial charge >= 0.3 is 0 Å². The number of hydrogen-bond acceptors (Lipinski definition) is 2. The zero-order chi connectivity index (χ0) is 17.4. The van der Waals surface area contributed by atoms with Crippen molar-refractivity contribution >= 4 is 5.91 Å². The molecular weight excluding hydrogens is 312 g/mol. The van der Waals surface area contributed by atoms with Gasteiger partial charge in [-0.2, -0.15) is 0 Å². The molecule has 0 bridgehead atoms. The third-order valence-electron chi connectivity index (χ3n) is 5.78. The monoisotopic (exact) mass is 336 g/mol. The summed E-state index contributed by atoms with van der Waals surface area (Å²) < 4.78 is 1.68. The van der Waals surface area contributed by atoms with Crippen LogP contribution in [0.3, 0.4) is 0 Å². The van der Waals surface area contributed by atoms with Crippen LogP contribution in [-0.4, -0.2) is 28.0 Å². The van der Waals surface area contributed by atoms with Crippen LogP contribution in [0, 0.1) is 12.8 Å². The highest BCUT2D eigenvalue weighted by Gasteiger charge is 2.45. The van der Waals surface area contributed by atoms with Gasteiger partial charge < -0.3 is 9.47 Å². The van der Waals surface area contributed by atoms with E-state index in [1.807, 2.05) is 42.3 Å². The van der Waals surface area contributed by atoms with Gasteiger partial charge in [0.25, 0.3) is 11.5 Å². The lowest BCUT2D eigenvalue weighted by atomic mass is 9.90. The van der Waals surface area contributed by atoms with Crippen molar-refractivity contribution < 1.29 is 4.79 Å². The number of carbonyl (C=O) groups excluding carboxylic acids is 1. The lowest BCUT2D eigenvalue weighted by Gasteiger charge is -2.44. The number of aromatic nitrogens is 1. The summed E-state index contributed by atoms with van der Waals surface area (Å²) in [5, 5.41) is 0. The zero-order valence-corrected chi connectivity index (χ0v) is 14.6. The molecule has 2 fully saturated rings. The summed E-state index contributed by atoms with van der Waals surface area (Å²) in [7, 11) is 0. The number of amides is 1. The average molecular weight is 336 g/mol. The van der Waals surface area contributed by atoms with Gasteiger partial charge in [0.15, 0.2) is 0 Å². The van der Waals surface area contributed by atoms with Gasteiger partial charge in [0, 0.05) is 25.3 Å². The lowest BCUT2D eigenvalue weighted by Crippen LogP contribution is -2.57. The second-order valence-electron chi connectivity index (χ2n) is 7.32. The third-order valence-corrected chi connectivity index (χ3v) is 5.78. The SMILES string of the molecule is Cc1ccn(CCc2ccccc2)c(=O)c1C(=O)N1C[C@@H]2CCC[C@@H]21. The molecule has 2 aromatic rings. The maximum absolute atomic E-state index is 13.0. The molecule has 1 saturated heterocycles. The number of nitrogens with zero attached hydrogens (tertiary/aromatic N) is 2. The summed E-state index contributed by atoms with van der Waals surface area (Å²) in [6.45, 7) is 3.28. The van der Waals surface area contributed by atoms with E-state index in [1.54, 1.807) is 4.57 Å². The number of hydrogen-bond donors (Lipinski definition) is 0. The maximum Gasteiger partial charge on any atom is 0.263 e. The fourth-order valence-electron chi connectivity index (χ4n) is 4.26. The standard InChI is InChI=1S/C21H24N2O2/c1-15-10-12-22(13-11-16-6-3-2-4-7-16)20(24)19(15)21(25)23-14-17-8-5-9-18(17)23/h2-4,6-7,10,12,17-18H,5,8-9,11,13-14H2,1H3/t17-,18-/m0/s1. The van der Waals surface area contributed by atoms with Crippen molar-refractivity contribution in [3.63, 3.8) is 0 Å². The largest absolute Gasteiger partial charge is 0.335 e. The van der Waals surface area contributed by atoms with Crippen LogP contribution < -0.4 is 5.56 Å². The molecule has 2 atom stereocenters. The van der Waals surface area contributed by atoms with Gasteiger partial charge in [-0.3, -0.25) is 9.59 Å². The molecule has 1 saturated carbocycles. The van der Waals surface area contributed by atoms with Crippen LogP contribution in [0.2, 0.25) is 0 Å². The van der Waals surface area contributed by atoms with Crippen LogP contribution in [0.5, 0.6) is 0 Å². The van der Waals surface area contributed by atoms with E-state index in [9.17, 15) is 9.59 Å². The van der Waals surface area contributed by atoms with Crippen LogP contribution in [0.25, 0.3) is 0 Å². The highest BCUT2D eigenvalue weighted by molar-refractivity contribution is 5.96. The molecule has 4 heteroatoms. The van der Waals surface area contributed by atoms with E-state index in [0.29, 0.717) is 24.1 Å². The van der Waals surface area contributed by atoms with Crippen molar-refractivity contribution in [2.24, 2.45) is 5.92 Å². The highest BCUT2D eigenvalue weighted by atomic mass is 16.2. The Kier molecular flexibility index (Phi) is 4.20. The summed E-state index contributed by atoms with van der Waals surface area (Å²) >= 11 is 0. The number of benzene rings is 1. The Balaban J connectivity index is 1.56. The molecular formula is C21H24N2O2. The van der Waals surface area contributed by atoms with Crippen molar-refractivity contribution in [1.29, 1.82) is 0 Å². The van der Waals surface area contributed by atoms with Gasteiger partial charge in [-0.1, -0.05) is 36.8 Å². The molecule has 4 nitrogen and oxygen atoms in total. The molecule has 1 amide bonds. The number of aryl methyl sites for hydroxylation is 3. The van der Waals surface area contributed by atoms with Crippen LogP contribution in [0.1, 0.15) is 40.7 Å². The Bertz CT molecular complexity index is 841. The molecule has 25 heavy (non-hydrogen) atoms. The number of carbonyl (C=O) groups is 1. The Morgan fingerprint density at radius 3 is 2.72 bits per heavy atom. The van der Waals surface area contributed by atoms with Crippen molar-refractivity contribution in [3.8, 4) is 0 Å². The molecule has 2 heterocycles. The van der Waals surface area contributed by atoms with Gasteiger partial charge in [0.2, 0.25) is 0 Å². The first-order chi connectivity index (χ1) is 12.1. The molecule has 0 radical (unpaired) electrons. The molecule has 1 aromatic carbocycles. The maximum atomic E-state index is 13.0. The molecule has 1 aromatic heterocycles. The van der Waals surface area contributed by atoms with Crippen LogP contribution >= 0.6 is 0 Å². The fourth-order valence-corrected chi connectivity index (χ4v) is 4.26. The Labute approximate surface area is 148 Å². The fraction of sp³-hybridized carbons (Fsp3) is 0.429. The zero-order valence-electron chi connectivity index (χ0n) is 14.6. The molecule has 1 aliphatic heterocycles. The van der Waals surface area contributed by atoms with Crippen LogP contribution in [0.15, 0.2) is 47.4 Å². The first kappa shape index (κ1) is 16.1. The van der Waals surface area contributed by atoms with E-state index in [4.69, 9.17) is 0 Å². The molecule has 4 rings (SSSR count). The predicted molar refractivity (Wildman–Crippen MR) is 97.8 cm³/mol. The van der Waals surface area contributed by atoms with Crippen LogP contribution in [-0.2, 0) is 13.0 Å². The van der Waals surface area contributed by atoms with E-state index in [-0.39, 0.29) is 11.5 Å². The Hall–Kier alpha value is -2.36. The summed E-state index contributed by atoms with van der Waals surface area (Å²) in [5.74, 6) is 0.591. The number of pyridine rings is 1. The first-order valence-electron chi connectivity index (χ1n) is 9.20. The number of fused-ring (bicyclic) bond motifs is 1. The highest BCUT2D eigenvalue weighted by Crippen LogP contribution is 2.39. The topological polar surface area (TPSA) is 42.3 Å². The average Bonchev–Trinajstić information content (AvgIpc) is 2.96. The van der Waals surface area contributed by atoms with E-state index in [0.717, 1.165) is 24.9 Å². The number of likely N-dealkylation sites (tertiary alicyclic amines) is 1. The first-order valence-corrected chi connectivity index (χ1v) is 9.20. The van der Waals surface area contributed by atoms with Gasteiger partial charge in [-0.25, -0.2) is 0 Å². The molecule has 130 valence electrons. The Morgan fingerprint density at radius 1 is 1.16 bits per heavy atom. The molecule has 0 N–H and O–H groups in total. The quantitative estimate of drug-likeness (QED) is 0.861. The van der Waals surface area contributed by atoms with Crippen molar-refractivity contribution in [3.05, 3.63) is 69.6 Å². The normalized spacial score (nSPS) is 21.7. The van der Waals surface area contributed by atoms with Gasteiger partial charge in [-0.05, 0) is 49.3 Å². The number of rotatable bonds is 4. The van der Waals surface area contributed by atoms with Crippen molar-refractivity contribution in [2.45, 2.75) is 45.2 Å². The van der Waals surface area contributed by atoms with Gasteiger partial charge in [0.05, 0.1) is 0 Å². The van der Waals surface area contributed by atoms with Crippen molar-refractivity contribution in [2.75, 3.05) is 6.54 Å². The molecule has 0 spiro atoms. The summed E-state index contributed by atoms with van der Waals surface area (Å²) in [5.41, 5.74) is 2.19.